The van der Waals surface area contributed by atoms with Gasteiger partial charge >= 0.3 is 0 Å². The number of ether oxygens (including phenoxy) is 2. The largest absolute Gasteiger partial charge is 0.385 e. The highest BCUT2D eigenvalue weighted by Crippen LogP contribution is 2.23. The lowest BCUT2D eigenvalue weighted by Crippen LogP contribution is -2.08. The predicted octanol–water partition coefficient (Wildman–Crippen LogP) is 3.59. The van der Waals surface area contributed by atoms with Crippen LogP contribution < -0.4 is 0 Å². The zero-order valence-electron chi connectivity index (χ0n) is 10.7. The number of hydrogen-bond acceptors (Lipinski definition) is 2. The van der Waals surface area contributed by atoms with Gasteiger partial charge in [-0.15, -0.1) is 11.6 Å². The van der Waals surface area contributed by atoms with Gasteiger partial charge in [0.05, 0.1) is 0 Å². The molecule has 0 heterocycles. The molecule has 1 aromatic carbocycles. The Morgan fingerprint density at radius 2 is 2.00 bits per heavy atom. The smallest absolute Gasteiger partial charge is 0.126 e. The predicted molar refractivity (Wildman–Crippen MR) is 71.8 cm³/mol. The Morgan fingerprint density at radius 1 is 1.22 bits per heavy atom. The van der Waals surface area contributed by atoms with Crippen molar-refractivity contribution in [3.8, 4) is 0 Å². The minimum Gasteiger partial charge on any atom is -0.385 e. The van der Waals surface area contributed by atoms with E-state index in [-0.39, 0.29) is 11.7 Å². The average Bonchev–Trinajstić information content (AvgIpc) is 2.39. The molecule has 0 aliphatic carbocycles. The quantitative estimate of drug-likeness (QED) is 0.506. The summed E-state index contributed by atoms with van der Waals surface area (Å²) in [5.41, 5.74) is 0.674. The Labute approximate surface area is 113 Å². The van der Waals surface area contributed by atoms with Crippen LogP contribution >= 0.6 is 11.6 Å². The maximum Gasteiger partial charge on any atom is 0.126 e. The molecule has 18 heavy (non-hydrogen) atoms. The van der Waals surface area contributed by atoms with Gasteiger partial charge in [0.2, 0.25) is 0 Å². The normalized spacial score (nSPS) is 12.6. The lowest BCUT2D eigenvalue weighted by atomic mass is 9.97. The second-order valence-corrected chi connectivity index (χ2v) is 4.43. The highest BCUT2D eigenvalue weighted by atomic mass is 35.5. The van der Waals surface area contributed by atoms with Gasteiger partial charge in [-0.25, -0.2) is 4.39 Å². The van der Waals surface area contributed by atoms with Crippen molar-refractivity contribution in [1.82, 2.24) is 0 Å². The van der Waals surface area contributed by atoms with E-state index in [1.165, 1.54) is 6.07 Å². The third kappa shape index (κ3) is 5.34. The summed E-state index contributed by atoms with van der Waals surface area (Å²) in [5.74, 6) is 0.223. The molecule has 1 aromatic rings. The summed E-state index contributed by atoms with van der Waals surface area (Å²) >= 11 is 5.89. The van der Waals surface area contributed by atoms with Crippen LogP contribution in [0.25, 0.3) is 0 Å². The topological polar surface area (TPSA) is 18.5 Å². The van der Waals surface area contributed by atoms with Crippen molar-refractivity contribution in [3.05, 3.63) is 35.6 Å². The Bertz CT molecular complexity index is 333. The van der Waals surface area contributed by atoms with Gasteiger partial charge < -0.3 is 9.47 Å². The van der Waals surface area contributed by atoms with Crippen molar-refractivity contribution >= 4 is 11.6 Å². The van der Waals surface area contributed by atoms with Crippen LogP contribution in [0.3, 0.4) is 0 Å². The van der Waals surface area contributed by atoms with Gasteiger partial charge in [-0.2, -0.15) is 0 Å². The second kappa shape index (κ2) is 9.31. The molecule has 0 bridgehead atoms. The van der Waals surface area contributed by atoms with E-state index in [1.54, 1.807) is 19.2 Å². The first-order chi connectivity index (χ1) is 8.79. The zero-order chi connectivity index (χ0) is 13.2. The number of methoxy groups -OCH3 is 1. The Balaban J connectivity index is 2.32. The molecule has 0 aliphatic rings. The monoisotopic (exact) mass is 274 g/mol. The standard InChI is InChI=1S/C14H20ClFO2/c1-17-8-4-9-18-10-7-12(11-15)13-5-2-3-6-14(13)16/h2-3,5-6,12H,4,7-11H2,1H3. The zero-order valence-corrected chi connectivity index (χ0v) is 11.5. The summed E-state index contributed by atoms with van der Waals surface area (Å²) in [6.45, 7) is 1.96. The van der Waals surface area contributed by atoms with Gasteiger partial charge in [0, 0.05) is 38.7 Å². The third-order valence-electron chi connectivity index (χ3n) is 2.78. The molecule has 0 spiro atoms. The maximum absolute atomic E-state index is 13.6. The van der Waals surface area contributed by atoms with Gasteiger partial charge in [0.1, 0.15) is 5.82 Å². The first-order valence-electron chi connectivity index (χ1n) is 6.16. The molecule has 0 saturated carbocycles. The maximum atomic E-state index is 13.6. The van der Waals surface area contributed by atoms with Crippen LogP contribution in [-0.2, 0) is 9.47 Å². The number of alkyl halides is 1. The van der Waals surface area contributed by atoms with Crippen LogP contribution in [0.4, 0.5) is 4.39 Å². The van der Waals surface area contributed by atoms with Gasteiger partial charge in [0.25, 0.3) is 0 Å². The SMILES string of the molecule is COCCCOCCC(CCl)c1ccccc1F. The van der Waals surface area contributed by atoms with Crippen molar-refractivity contribution < 1.29 is 13.9 Å². The summed E-state index contributed by atoms with van der Waals surface area (Å²) in [6, 6.07) is 6.77. The van der Waals surface area contributed by atoms with Crippen molar-refractivity contribution in [1.29, 1.82) is 0 Å². The van der Waals surface area contributed by atoms with E-state index >= 15 is 0 Å². The molecule has 0 aliphatic heterocycles. The first-order valence-corrected chi connectivity index (χ1v) is 6.70. The molecule has 0 aromatic heterocycles. The minimum atomic E-state index is -0.192. The van der Waals surface area contributed by atoms with Crippen LogP contribution in [0.1, 0.15) is 24.3 Å². The van der Waals surface area contributed by atoms with Crippen LogP contribution in [0.2, 0.25) is 0 Å². The molecule has 0 N–H and O–H groups in total. The van der Waals surface area contributed by atoms with Crippen LogP contribution in [0, 0.1) is 5.82 Å². The lowest BCUT2D eigenvalue weighted by molar-refractivity contribution is 0.0988. The Morgan fingerprint density at radius 3 is 2.67 bits per heavy atom. The molecule has 102 valence electrons. The fourth-order valence-electron chi connectivity index (χ4n) is 1.75. The summed E-state index contributed by atoms with van der Waals surface area (Å²) in [5, 5.41) is 0. The van der Waals surface area contributed by atoms with Crippen molar-refractivity contribution in [2.24, 2.45) is 0 Å². The molecule has 0 fully saturated rings. The summed E-state index contributed by atoms with van der Waals surface area (Å²) in [6.07, 6.45) is 1.61. The van der Waals surface area contributed by atoms with E-state index in [0.717, 1.165) is 12.8 Å². The number of benzene rings is 1. The fraction of sp³-hybridized carbons (Fsp3) is 0.571. The Hall–Kier alpha value is -0.640. The van der Waals surface area contributed by atoms with E-state index in [1.807, 2.05) is 6.07 Å². The van der Waals surface area contributed by atoms with Crippen molar-refractivity contribution in [3.63, 3.8) is 0 Å². The van der Waals surface area contributed by atoms with Crippen molar-refractivity contribution in [2.45, 2.75) is 18.8 Å². The Kier molecular flexibility index (Phi) is 7.98. The fourth-order valence-corrected chi connectivity index (χ4v) is 2.08. The van der Waals surface area contributed by atoms with Crippen molar-refractivity contribution in [2.75, 3.05) is 32.8 Å². The molecule has 2 nitrogen and oxygen atoms in total. The second-order valence-electron chi connectivity index (χ2n) is 4.12. The molecule has 1 unspecified atom stereocenters. The third-order valence-corrected chi connectivity index (χ3v) is 3.15. The molecular formula is C14H20ClFO2. The molecule has 1 atom stereocenters. The summed E-state index contributed by atoms with van der Waals surface area (Å²) in [4.78, 5) is 0. The molecule has 1 rings (SSSR count). The number of hydrogen-bond donors (Lipinski definition) is 0. The van der Waals surface area contributed by atoms with Crippen LogP contribution in [-0.4, -0.2) is 32.8 Å². The van der Waals surface area contributed by atoms with E-state index in [4.69, 9.17) is 21.1 Å². The van der Waals surface area contributed by atoms with E-state index < -0.39 is 0 Å². The van der Waals surface area contributed by atoms with Gasteiger partial charge in [-0.05, 0) is 24.5 Å². The molecule has 0 saturated heterocycles. The minimum absolute atomic E-state index is 0.00953. The van der Waals surface area contributed by atoms with Gasteiger partial charge in [0.15, 0.2) is 0 Å². The molecule has 0 radical (unpaired) electrons. The highest BCUT2D eigenvalue weighted by Gasteiger charge is 2.14. The van der Waals surface area contributed by atoms with Gasteiger partial charge in [-0.1, -0.05) is 18.2 Å². The number of rotatable bonds is 9. The van der Waals surface area contributed by atoms with Crippen LogP contribution in [0.5, 0.6) is 0 Å². The molecular weight excluding hydrogens is 255 g/mol. The molecule has 0 amide bonds. The molecule has 4 heteroatoms. The van der Waals surface area contributed by atoms with E-state index in [0.29, 0.717) is 31.3 Å². The number of halogens is 2. The van der Waals surface area contributed by atoms with Crippen LogP contribution in [0.15, 0.2) is 24.3 Å². The highest BCUT2D eigenvalue weighted by molar-refractivity contribution is 6.18. The first kappa shape index (κ1) is 15.4. The van der Waals surface area contributed by atoms with E-state index in [2.05, 4.69) is 0 Å². The van der Waals surface area contributed by atoms with Gasteiger partial charge in [-0.3, -0.25) is 0 Å². The lowest BCUT2D eigenvalue weighted by Gasteiger charge is -2.15. The summed E-state index contributed by atoms with van der Waals surface area (Å²) in [7, 11) is 1.67. The average molecular weight is 275 g/mol. The summed E-state index contributed by atoms with van der Waals surface area (Å²) < 4.78 is 24.0. The van der Waals surface area contributed by atoms with E-state index in [9.17, 15) is 4.39 Å².